The summed E-state index contributed by atoms with van der Waals surface area (Å²) in [6, 6.07) is 16.1. The lowest BCUT2D eigenvalue weighted by Gasteiger charge is -2.12. The highest BCUT2D eigenvalue weighted by Gasteiger charge is 2.14. The molecule has 0 bridgehead atoms. The van der Waals surface area contributed by atoms with Gasteiger partial charge in [-0.1, -0.05) is 30.3 Å². The third-order valence-electron chi connectivity index (χ3n) is 3.73. The zero-order valence-corrected chi connectivity index (χ0v) is 14.5. The predicted molar refractivity (Wildman–Crippen MR) is 97.0 cm³/mol. The average Bonchev–Trinajstić information content (AvgIpc) is 2.67. The number of hydroxylamine groups is 1. The number of halogens is 2. The summed E-state index contributed by atoms with van der Waals surface area (Å²) < 4.78 is 32.2. The van der Waals surface area contributed by atoms with Crippen LogP contribution in [-0.4, -0.2) is 16.0 Å². The molecule has 0 atom stereocenters. The van der Waals surface area contributed by atoms with Crippen LogP contribution in [0.1, 0.15) is 16.8 Å². The van der Waals surface area contributed by atoms with Crippen LogP contribution in [0, 0.1) is 18.6 Å². The van der Waals surface area contributed by atoms with Crippen LogP contribution < -0.4 is 10.2 Å². The Balaban J connectivity index is 1.92. The maximum atomic E-state index is 13.4. The molecule has 27 heavy (non-hydrogen) atoms. The minimum absolute atomic E-state index is 0.0774. The number of hydrogen-bond acceptors (Lipinski definition) is 4. The van der Waals surface area contributed by atoms with Crippen molar-refractivity contribution in [2.75, 3.05) is 0 Å². The van der Waals surface area contributed by atoms with Gasteiger partial charge in [0.15, 0.2) is 17.5 Å². The van der Waals surface area contributed by atoms with Crippen LogP contribution in [-0.2, 0) is 6.54 Å². The molecule has 0 amide bonds. The summed E-state index contributed by atoms with van der Waals surface area (Å²) in [6.45, 7) is 2.08. The molecule has 0 saturated carbocycles. The number of ether oxygens (including phenoxy) is 1. The Hall–Kier alpha value is -3.32. The normalized spacial score (nSPS) is 11.3. The molecule has 0 spiro atoms. The standard InChI is InChI=1S/C20H17F2N3O2/c1-13-7-9-16(19(25-26)23-12-14-5-3-2-4-6-14)20(24-13)27-15-8-10-17(21)18(22)11-15/h2-11,26H,12H2,1H3,(H,23,25). The van der Waals surface area contributed by atoms with Crippen molar-refractivity contribution in [3.8, 4) is 11.6 Å². The Bertz CT molecular complexity index is 963. The fourth-order valence-electron chi connectivity index (χ4n) is 2.38. The smallest absolute Gasteiger partial charge is 0.230 e. The van der Waals surface area contributed by atoms with Crippen molar-refractivity contribution >= 4 is 5.84 Å². The molecule has 1 aromatic heterocycles. The fourth-order valence-corrected chi connectivity index (χ4v) is 2.38. The molecule has 5 nitrogen and oxygen atoms in total. The SMILES string of the molecule is Cc1ccc(C(=NCc2ccccc2)NO)c(Oc2ccc(F)c(F)c2)n1. The van der Waals surface area contributed by atoms with Gasteiger partial charge in [-0.25, -0.2) is 13.8 Å². The van der Waals surface area contributed by atoms with E-state index >= 15 is 0 Å². The molecular formula is C20H17F2N3O2. The van der Waals surface area contributed by atoms with Crippen LogP contribution in [0.25, 0.3) is 0 Å². The molecule has 7 heteroatoms. The van der Waals surface area contributed by atoms with Crippen molar-refractivity contribution in [2.45, 2.75) is 13.5 Å². The van der Waals surface area contributed by atoms with E-state index in [-0.39, 0.29) is 17.5 Å². The summed E-state index contributed by atoms with van der Waals surface area (Å²) in [7, 11) is 0. The molecule has 0 aliphatic rings. The zero-order valence-electron chi connectivity index (χ0n) is 14.5. The molecule has 0 saturated heterocycles. The number of rotatable bonds is 5. The third-order valence-corrected chi connectivity index (χ3v) is 3.73. The highest BCUT2D eigenvalue weighted by atomic mass is 19.2. The molecular weight excluding hydrogens is 352 g/mol. The van der Waals surface area contributed by atoms with Gasteiger partial charge in [-0.3, -0.25) is 15.7 Å². The summed E-state index contributed by atoms with van der Waals surface area (Å²) in [4.78, 5) is 8.62. The molecule has 2 aromatic carbocycles. The van der Waals surface area contributed by atoms with Crippen LogP contribution >= 0.6 is 0 Å². The van der Waals surface area contributed by atoms with Gasteiger partial charge in [-0.2, -0.15) is 0 Å². The molecule has 1 heterocycles. The Morgan fingerprint density at radius 1 is 1.07 bits per heavy atom. The Morgan fingerprint density at radius 3 is 2.56 bits per heavy atom. The van der Waals surface area contributed by atoms with Gasteiger partial charge in [0.25, 0.3) is 0 Å². The van der Waals surface area contributed by atoms with E-state index in [1.54, 1.807) is 19.1 Å². The maximum Gasteiger partial charge on any atom is 0.230 e. The third kappa shape index (κ3) is 4.65. The molecule has 0 fully saturated rings. The predicted octanol–water partition coefficient (Wildman–Crippen LogP) is 4.39. The molecule has 0 aliphatic carbocycles. The maximum absolute atomic E-state index is 13.4. The van der Waals surface area contributed by atoms with Crippen LogP contribution in [0.2, 0.25) is 0 Å². The van der Waals surface area contributed by atoms with E-state index < -0.39 is 11.6 Å². The molecule has 2 N–H and O–H groups in total. The Kier molecular flexibility index (Phi) is 5.73. The second-order valence-corrected chi connectivity index (χ2v) is 5.75. The number of aryl methyl sites for hydroxylation is 1. The number of pyridine rings is 1. The van der Waals surface area contributed by atoms with Crippen LogP contribution in [0.3, 0.4) is 0 Å². The van der Waals surface area contributed by atoms with E-state index in [4.69, 9.17) is 4.74 Å². The number of aliphatic imine (C=N–C) groups is 1. The second kappa shape index (κ2) is 8.37. The van der Waals surface area contributed by atoms with Gasteiger partial charge in [0.05, 0.1) is 12.1 Å². The molecule has 3 rings (SSSR count). The van der Waals surface area contributed by atoms with Crippen molar-refractivity contribution in [3.63, 3.8) is 0 Å². The van der Waals surface area contributed by atoms with Gasteiger partial charge in [-0.15, -0.1) is 0 Å². The van der Waals surface area contributed by atoms with Gasteiger partial charge in [0.2, 0.25) is 5.88 Å². The van der Waals surface area contributed by atoms with Crippen molar-refractivity contribution in [1.29, 1.82) is 0 Å². The summed E-state index contributed by atoms with van der Waals surface area (Å²) in [5.41, 5.74) is 4.03. The van der Waals surface area contributed by atoms with E-state index in [2.05, 4.69) is 15.5 Å². The summed E-state index contributed by atoms with van der Waals surface area (Å²) in [6.07, 6.45) is 0. The largest absolute Gasteiger partial charge is 0.438 e. The Labute approximate surface area is 154 Å². The van der Waals surface area contributed by atoms with Crippen molar-refractivity contribution < 1.29 is 18.7 Å². The Morgan fingerprint density at radius 2 is 1.85 bits per heavy atom. The average molecular weight is 369 g/mol. The molecule has 0 aliphatic heterocycles. The van der Waals surface area contributed by atoms with Gasteiger partial charge in [0.1, 0.15) is 5.75 Å². The lowest BCUT2D eigenvalue weighted by molar-refractivity contribution is 0.234. The number of amidine groups is 1. The number of hydrogen-bond donors (Lipinski definition) is 2. The van der Waals surface area contributed by atoms with Gasteiger partial charge in [0, 0.05) is 11.8 Å². The lowest BCUT2D eigenvalue weighted by Crippen LogP contribution is -2.21. The first-order valence-corrected chi connectivity index (χ1v) is 8.16. The number of aromatic nitrogens is 1. The first kappa shape index (κ1) is 18.5. The van der Waals surface area contributed by atoms with Crippen molar-refractivity contribution in [3.05, 3.63) is 89.1 Å². The van der Waals surface area contributed by atoms with Crippen LogP contribution in [0.4, 0.5) is 8.78 Å². The number of nitrogens with one attached hydrogen (secondary N) is 1. The second-order valence-electron chi connectivity index (χ2n) is 5.75. The molecule has 0 radical (unpaired) electrons. The topological polar surface area (TPSA) is 66.7 Å². The van der Waals surface area contributed by atoms with E-state index in [9.17, 15) is 14.0 Å². The van der Waals surface area contributed by atoms with Crippen molar-refractivity contribution in [2.24, 2.45) is 4.99 Å². The number of benzene rings is 2. The van der Waals surface area contributed by atoms with Crippen LogP contribution in [0.15, 0.2) is 65.7 Å². The monoisotopic (exact) mass is 369 g/mol. The van der Waals surface area contributed by atoms with E-state index in [1.165, 1.54) is 6.07 Å². The highest BCUT2D eigenvalue weighted by molar-refractivity contribution is 6.00. The molecule has 3 aromatic rings. The fraction of sp³-hybridized carbons (Fsp3) is 0.100. The van der Waals surface area contributed by atoms with Crippen LogP contribution in [0.5, 0.6) is 11.6 Å². The molecule has 138 valence electrons. The number of nitrogens with zero attached hydrogens (tertiary/aromatic N) is 2. The van der Waals surface area contributed by atoms with Crippen molar-refractivity contribution in [1.82, 2.24) is 10.5 Å². The lowest BCUT2D eigenvalue weighted by atomic mass is 10.2. The summed E-state index contributed by atoms with van der Waals surface area (Å²) >= 11 is 0. The quantitative estimate of drug-likeness (QED) is 0.398. The van der Waals surface area contributed by atoms with Gasteiger partial charge in [-0.05, 0) is 36.8 Å². The van der Waals surface area contributed by atoms with Gasteiger partial charge >= 0.3 is 0 Å². The first-order valence-electron chi connectivity index (χ1n) is 8.16. The summed E-state index contributed by atoms with van der Waals surface area (Å²) in [5, 5.41) is 9.52. The van der Waals surface area contributed by atoms with E-state index in [0.717, 1.165) is 17.7 Å². The first-order chi connectivity index (χ1) is 13.1. The minimum atomic E-state index is -1.03. The van der Waals surface area contributed by atoms with Gasteiger partial charge < -0.3 is 4.74 Å². The zero-order chi connectivity index (χ0) is 19.2. The van der Waals surface area contributed by atoms with E-state index in [0.29, 0.717) is 17.8 Å². The van der Waals surface area contributed by atoms with E-state index in [1.807, 2.05) is 30.3 Å². The molecule has 0 unspecified atom stereocenters. The highest BCUT2D eigenvalue weighted by Crippen LogP contribution is 2.25. The summed E-state index contributed by atoms with van der Waals surface area (Å²) in [5.74, 6) is -1.67. The minimum Gasteiger partial charge on any atom is -0.438 e.